The molecular formula is C6H7O6S-. The molecule has 0 aromatic rings. The van der Waals surface area contributed by atoms with Gasteiger partial charge in [-0.3, -0.25) is 4.79 Å². The fourth-order valence-corrected chi connectivity index (χ4v) is 1.34. The zero-order valence-corrected chi connectivity index (χ0v) is 7.75. The van der Waals surface area contributed by atoms with Gasteiger partial charge < -0.3 is 13.5 Å². The zero-order chi connectivity index (χ0) is 10.2. The van der Waals surface area contributed by atoms with Crippen molar-refractivity contribution in [3.63, 3.8) is 0 Å². The first kappa shape index (κ1) is 10.0. The molecule has 0 aromatic carbocycles. The second-order valence-corrected chi connectivity index (χ2v) is 3.48. The van der Waals surface area contributed by atoms with Crippen molar-refractivity contribution in [3.8, 4) is 0 Å². The Bertz CT molecular complexity index is 365. The third-order valence-electron chi connectivity index (χ3n) is 1.45. The molecule has 0 radical (unpaired) electrons. The molecule has 1 aliphatic heterocycles. The van der Waals surface area contributed by atoms with Crippen molar-refractivity contribution in [2.75, 3.05) is 0 Å². The lowest BCUT2D eigenvalue weighted by molar-refractivity contribution is -0.122. The van der Waals surface area contributed by atoms with E-state index < -0.39 is 28.0 Å². The molecule has 0 amide bonds. The molecule has 0 N–H and O–H groups in total. The second-order valence-electron chi connectivity index (χ2n) is 2.50. The van der Waals surface area contributed by atoms with E-state index in [1.54, 1.807) is 0 Å². The fraction of sp³-hybridized carbons (Fsp3) is 0.500. The summed E-state index contributed by atoms with van der Waals surface area (Å²) in [6, 6.07) is 0. The van der Waals surface area contributed by atoms with Crippen LogP contribution in [0.3, 0.4) is 0 Å². The van der Waals surface area contributed by atoms with Gasteiger partial charge in [-0.1, -0.05) is 0 Å². The van der Waals surface area contributed by atoms with Gasteiger partial charge in [0.2, 0.25) is 11.5 Å². The lowest BCUT2D eigenvalue weighted by atomic mass is 10.2. The SMILES string of the molecule is CC1=C(OS(=O)(=O)[O-])C(=O)C(C)O1. The molecule has 13 heavy (non-hydrogen) atoms. The van der Waals surface area contributed by atoms with Crippen LogP contribution in [0.15, 0.2) is 11.5 Å². The minimum atomic E-state index is -4.91. The number of carbonyl (C=O) groups excluding carboxylic acids is 1. The Labute approximate surface area is 75.1 Å². The highest BCUT2D eigenvalue weighted by molar-refractivity contribution is 7.80. The largest absolute Gasteiger partial charge is 0.716 e. The molecule has 6 nitrogen and oxygen atoms in total. The van der Waals surface area contributed by atoms with Gasteiger partial charge in [0, 0.05) is 0 Å². The van der Waals surface area contributed by atoms with Gasteiger partial charge in [0.05, 0.1) is 0 Å². The first-order valence-electron chi connectivity index (χ1n) is 3.38. The average molecular weight is 207 g/mol. The van der Waals surface area contributed by atoms with Crippen molar-refractivity contribution in [3.05, 3.63) is 11.5 Å². The van der Waals surface area contributed by atoms with Crippen molar-refractivity contribution >= 4 is 16.2 Å². The third kappa shape index (κ3) is 2.19. The number of Topliss-reactive ketones (excluding diaryl/α,β-unsaturated/α-hetero) is 1. The molecule has 0 saturated carbocycles. The van der Waals surface area contributed by atoms with Gasteiger partial charge in [-0.2, -0.15) is 0 Å². The maximum atomic E-state index is 11.1. The maximum Gasteiger partial charge on any atom is 0.262 e. The second kappa shape index (κ2) is 3.00. The van der Waals surface area contributed by atoms with Crippen molar-refractivity contribution < 1.29 is 26.7 Å². The summed E-state index contributed by atoms with van der Waals surface area (Å²) in [5, 5.41) is 0. The summed E-state index contributed by atoms with van der Waals surface area (Å²) in [5.41, 5.74) is 0. The van der Waals surface area contributed by atoms with E-state index in [-0.39, 0.29) is 5.76 Å². The van der Waals surface area contributed by atoms with E-state index >= 15 is 0 Å². The Kier molecular flexibility index (Phi) is 2.31. The Morgan fingerprint density at radius 3 is 2.38 bits per heavy atom. The van der Waals surface area contributed by atoms with Crippen LogP contribution in [0.2, 0.25) is 0 Å². The van der Waals surface area contributed by atoms with E-state index in [0.717, 1.165) is 0 Å². The molecule has 0 saturated heterocycles. The van der Waals surface area contributed by atoms with E-state index in [9.17, 15) is 17.8 Å². The van der Waals surface area contributed by atoms with Crippen LogP contribution in [0, 0.1) is 0 Å². The molecule has 0 aliphatic carbocycles. The standard InChI is InChI=1S/C6H8O6S/c1-3-5(7)6(4(2)11-3)12-13(8,9)10/h3H,1-2H3,(H,8,9,10)/p-1. The molecule has 7 heteroatoms. The number of hydrogen-bond acceptors (Lipinski definition) is 6. The minimum Gasteiger partial charge on any atom is -0.716 e. The summed E-state index contributed by atoms with van der Waals surface area (Å²) in [6.45, 7) is 2.78. The predicted octanol–water partition coefficient (Wildman–Crippen LogP) is -0.318. The topological polar surface area (TPSA) is 92.7 Å². The Balaban J connectivity index is 2.93. The van der Waals surface area contributed by atoms with Crippen LogP contribution < -0.4 is 0 Å². The summed E-state index contributed by atoms with van der Waals surface area (Å²) in [7, 11) is -4.91. The van der Waals surface area contributed by atoms with Crippen LogP contribution in [-0.2, 0) is 24.1 Å². The monoisotopic (exact) mass is 207 g/mol. The molecule has 0 fully saturated rings. The Hall–Kier alpha value is -1.08. The number of ether oxygens (including phenoxy) is 1. The molecular weight excluding hydrogens is 200 g/mol. The van der Waals surface area contributed by atoms with Gasteiger partial charge in [0.15, 0.2) is 6.10 Å². The Morgan fingerprint density at radius 1 is 1.54 bits per heavy atom. The first-order chi connectivity index (χ1) is 5.81. The summed E-state index contributed by atoms with van der Waals surface area (Å²) < 4.78 is 39.2. The van der Waals surface area contributed by atoms with Crippen molar-refractivity contribution in [2.45, 2.75) is 20.0 Å². The van der Waals surface area contributed by atoms with E-state index in [2.05, 4.69) is 4.18 Å². The van der Waals surface area contributed by atoms with E-state index in [1.165, 1.54) is 13.8 Å². The van der Waals surface area contributed by atoms with Crippen molar-refractivity contribution in [1.29, 1.82) is 0 Å². The van der Waals surface area contributed by atoms with Crippen LogP contribution in [-0.4, -0.2) is 24.9 Å². The maximum absolute atomic E-state index is 11.1. The first-order valence-corrected chi connectivity index (χ1v) is 4.71. The van der Waals surface area contributed by atoms with Gasteiger partial charge >= 0.3 is 0 Å². The van der Waals surface area contributed by atoms with E-state index in [0.29, 0.717) is 0 Å². The summed E-state index contributed by atoms with van der Waals surface area (Å²) in [4.78, 5) is 11.1. The Morgan fingerprint density at radius 2 is 2.08 bits per heavy atom. The smallest absolute Gasteiger partial charge is 0.262 e. The number of rotatable bonds is 2. The van der Waals surface area contributed by atoms with Crippen LogP contribution in [0.4, 0.5) is 0 Å². The highest BCUT2D eigenvalue weighted by Crippen LogP contribution is 2.22. The van der Waals surface area contributed by atoms with Gasteiger partial charge in [-0.25, -0.2) is 8.42 Å². The number of ketones is 1. The van der Waals surface area contributed by atoms with Gasteiger partial charge in [0.25, 0.3) is 10.4 Å². The van der Waals surface area contributed by atoms with E-state index in [4.69, 9.17) is 4.74 Å². The van der Waals surface area contributed by atoms with Crippen LogP contribution in [0.1, 0.15) is 13.8 Å². The summed E-state index contributed by atoms with van der Waals surface area (Å²) in [6.07, 6.45) is -0.795. The molecule has 0 aromatic heterocycles. The molecule has 1 atom stereocenters. The predicted molar refractivity (Wildman–Crippen MR) is 39.0 cm³/mol. The highest BCUT2D eigenvalue weighted by Gasteiger charge is 2.32. The fourth-order valence-electron chi connectivity index (χ4n) is 0.932. The molecule has 74 valence electrons. The quantitative estimate of drug-likeness (QED) is 0.455. The lowest BCUT2D eigenvalue weighted by Gasteiger charge is -2.07. The summed E-state index contributed by atoms with van der Waals surface area (Å²) >= 11 is 0. The molecule has 1 heterocycles. The third-order valence-corrected chi connectivity index (χ3v) is 1.82. The molecule has 1 rings (SSSR count). The van der Waals surface area contributed by atoms with Crippen molar-refractivity contribution in [2.24, 2.45) is 0 Å². The molecule has 1 unspecified atom stereocenters. The molecule has 0 spiro atoms. The van der Waals surface area contributed by atoms with Crippen molar-refractivity contribution in [1.82, 2.24) is 0 Å². The zero-order valence-electron chi connectivity index (χ0n) is 6.94. The normalized spacial score (nSPS) is 23.3. The van der Waals surface area contributed by atoms with Crippen LogP contribution in [0.5, 0.6) is 0 Å². The molecule has 0 bridgehead atoms. The van der Waals surface area contributed by atoms with Gasteiger partial charge in [-0.15, -0.1) is 0 Å². The minimum absolute atomic E-state index is 0.0110. The van der Waals surface area contributed by atoms with Crippen LogP contribution >= 0.6 is 0 Å². The number of carbonyl (C=O) groups is 1. The molecule has 1 aliphatic rings. The number of allylic oxidation sites excluding steroid dienone is 1. The van der Waals surface area contributed by atoms with Gasteiger partial charge in [0.1, 0.15) is 5.76 Å². The number of hydrogen-bond donors (Lipinski definition) is 0. The van der Waals surface area contributed by atoms with Crippen LogP contribution in [0.25, 0.3) is 0 Å². The van der Waals surface area contributed by atoms with Gasteiger partial charge in [-0.05, 0) is 13.8 Å². The lowest BCUT2D eigenvalue weighted by Crippen LogP contribution is -2.16. The summed E-state index contributed by atoms with van der Waals surface area (Å²) in [5.74, 6) is -1.16. The van der Waals surface area contributed by atoms with E-state index in [1.807, 2.05) is 0 Å². The highest BCUT2D eigenvalue weighted by atomic mass is 32.3. The average Bonchev–Trinajstić information content (AvgIpc) is 2.14.